The zero-order chi connectivity index (χ0) is 84.1. The molecule has 632 valence electrons. The number of hydrogen-bond donors (Lipinski definition) is 7. The normalized spacial score (nSPS) is 23.6. The molecule has 4 amide bonds. The highest BCUT2D eigenvalue weighted by Crippen LogP contribution is 2.57. The van der Waals surface area contributed by atoms with Crippen LogP contribution in [0.2, 0.25) is 25.7 Å². The summed E-state index contributed by atoms with van der Waals surface area (Å²) in [5, 5.41) is 38.6. The maximum absolute atomic E-state index is 14.1. The molecule has 15 aromatic rings. The number of aliphatic hydroxyl groups is 2. The number of hydrogen-bond acceptors (Lipinski definition) is 16. The quantitative estimate of drug-likeness (QED) is 0.0269. The summed E-state index contributed by atoms with van der Waals surface area (Å²) in [6, 6.07) is 60.0. The third-order valence-corrected chi connectivity index (χ3v) is 27.8. The Balaban J connectivity index is 0.000000114. The maximum atomic E-state index is 14.1. The number of nitrogens with one attached hydrogen (secondary N) is 4. The number of aliphatic hydroxyl groups excluding tert-OH is 2. The van der Waals surface area contributed by atoms with Gasteiger partial charge in [-0.2, -0.15) is 0 Å². The molecule has 0 aliphatic carbocycles. The van der Waals surface area contributed by atoms with Crippen LogP contribution in [-0.2, 0) is 85.4 Å². The molecule has 11 atom stereocenters. The van der Waals surface area contributed by atoms with Gasteiger partial charge in [0.25, 0.3) is 23.6 Å². The van der Waals surface area contributed by atoms with Crippen LogP contribution in [0.4, 0.5) is 0 Å². The van der Waals surface area contributed by atoms with E-state index in [4.69, 9.17) is 48.7 Å². The van der Waals surface area contributed by atoms with Crippen molar-refractivity contribution in [3.8, 4) is 0 Å². The lowest BCUT2D eigenvalue weighted by Gasteiger charge is -2.48. The van der Waals surface area contributed by atoms with Gasteiger partial charge in [-0.25, -0.2) is 4.90 Å². The molecule has 26 heteroatoms. The molecule has 9 aromatic carbocycles. The number of amides is 4. The fraction of sp³-hybridized carbons (Fsp3) is 0.320. The van der Waals surface area contributed by atoms with Gasteiger partial charge in [0.15, 0.2) is 11.4 Å². The van der Waals surface area contributed by atoms with Crippen molar-refractivity contribution >= 4 is 152 Å². The molecule has 2 saturated heterocycles. The fourth-order valence-corrected chi connectivity index (χ4v) is 21.5. The van der Waals surface area contributed by atoms with Gasteiger partial charge in [0, 0.05) is 157 Å². The number of rotatable bonds is 16. The van der Waals surface area contributed by atoms with Crippen LogP contribution in [0.1, 0.15) is 95.1 Å². The van der Waals surface area contributed by atoms with Gasteiger partial charge in [-0.3, -0.25) is 19.2 Å². The van der Waals surface area contributed by atoms with Crippen LogP contribution < -0.4 is 21.7 Å². The Labute approximate surface area is 710 Å². The molecule has 0 unspecified atom stereocenters. The Hall–Kier alpha value is -11.6. The van der Waals surface area contributed by atoms with Crippen molar-refractivity contribution in [2.24, 2.45) is 5.73 Å². The number of imide groups is 1. The van der Waals surface area contributed by atoms with Gasteiger partial charge in [0.05, 0.1) is 91.4 Å². The monoisotopic (exact) mass is 1670 g/mol. The van der Waals surface area contributed by atoms with Crippen LogP contribution in [0.3, 0.4) is 0 Å². The Morgan fingerprint density at radius 3 is 1.67 bits per heavy atom. The Bertz CT molecular complexity index is 6870. The van der Waals surface area contributed by atoms with Gasteiger partial charge in [-0.15, -0.1) is 0 Å². The van der Waals surface area contributed by atoms with E-state index >= 15 is 0 Å². The van der Waals surface area contributed by atoms with E-state index in [9.17, 15) is 24.3 Å². The lowest BCUT2D eigenvalue weighted by atomic mass is 9.93. The van der Waals surface area contributed by atoms with E-state index in [1.165, 1.54) is 24.3 Å². The number of aromatic nitrogens is 6. The van der Waals surface area contributed by atoms with E-state index in [-0.39, 0.29) is 81.1 Å². The fourth-order valence-electron chi connectivity index (χ4n) is 20.8. The van der Waals surface area contributed by atoms with Crippen molar-refractivity contribution in [3.63, 3.8) is 0 Å². The minimum Gasteiger partial charge on any atom is -0.493 e. The summed E-state index contributed by atoms with van der Waals surface area (Å²) in [7, 11) is 5.76. The van der Waals surface area contributed by atoms with E-state index in [2.05, 4.69) is 158 Å². The highest BCUT2D eigenvalue weighted by molar-refractivity contribution is 6.76. The van der Waals surface area contributed by atoms with Crippen LogP contribution in [0.15, 0.2) is 201 Å². The number of nitrogens with two attached hydrogens (primary N) is 1. The first-order chi connectivity index (χ1) is 59.2. The van der Waals surface area contributed by atoms with Gasteiger partial charge in [0.1, 0.15) is 56.4 Å². The van der Waals surface area contributed by atoms with Crippen molar-refractivity contribution in [1.29, 1.82) is 0 Å². The molecule has 8 aliphatic rings. The van der Waals surface area contributed by atoms with E-state index in [1.54, 1.807) is 14.2 Å². The highest BCUT2D eigenvalue weighted by Gasteiger charge is 2.55. The van der Waals surface area contributed by atoms with Crippen molar-refractivity contribution in [2.75, 3.05) is 48.3 Å². The number of methoxy groups -OCH3 is 3. The average molecular weight is 1670 g/mol. The second kappa shape index (κ2) is 31.3. The van der Waals surface area contributed by atoms with Gasteiger partial charge < -0.3 is 97.6 Å². The zero-order valence-corrected chi connectivity index (χ0v) is 70.4. The first-order valence-electron chi connectivity index (χ1n) is 41.7. The molecule has 8 aliphatic heterocycles. The number of H-pyrrole nitrogens is 1. The highest BCUT2D eigenvalue weighted by atomic mass is 28.3. The van der Waals surface area contributed by atoms with Crippen LogP contribution in [-0.4, -0.2) is 166 Å². The molecule has 4 bridgehead atoms. The van der Waals surface area contributed by atoms with Crippen molar-refractivity contribution in [2.45, 2.75) is 153 Å². The Kier molecular flexibility index (Phi) is 20.6. The SMILES string of the molecule is C.CN[C@@H]1C[C@H]2O[C@@](C)([C@@H]1OC)n1c3ccccc3c3c4c(c5c6ccccc6n2c5c31)C(=O)NC4.COC[C@@H]1OC=C[C@H](O)[C@H]1O.CO[C@@H]1[C@H](N)C[C@H]2O[C@]1(C)n1c3ccccc3c3c4c(c5c6ccccc6n2c5c31)CNC4=O.C[Si](C)(C)CCOCn1cc(C2=C(c3c[nH]c4ccccc34)C(=O)N(COCc3ccccc3)C2=O)c2ccccc21. The Morgan fingerprint density at radius 1 is 0.569 bits per heavy atom. The molecular weight excluding hydrogens is 1570 g/mol. The molecule has 123 heavy (non-hydrogen) atoms. The molecule has 14 heterocycles. The lowest BCUT2D eigenvalue weighted by Crippen LogP contribution is -2.59. The number of benzene rings is 9. The summed E-state index contributed by atoms with van der Waals surface area (Å²) in [5.41, 5.74) is 22.5. The van der Waals surface area contributed by atoms with Crippen LogP contribution in [0.5, 0.6) is 0 Å². The molecule has 8 N–H and O–H groups in total. The molecule has 6 aromatic heterocycles. The number of likely N-dealkylation sites (N-methyl/N-ethyl adjacent to an activating group) is 1. The topological polar surface area (TPSA) is 288 Å². The van der Waals surface area contributed by atoms with E-state index in [0.717, 1.165) is 149 Å². The second-order valence-electron chi connectivity index (χ2n) is 34.4. The average Bonchev–Trinajstić information content (AvgIpc) is 1.50. The Morgan fingerprint density at radius 2 is 1.07 bits per heavy atom. The molecule has 23 rings (SSSR count). The van der Waals surface area contributed by atoms with E-state index in [1.807, 2.05) is 115 Å². The number of fused-ring (bicyclic) bond motifs is 28. The molecule has 0 radical (unpaired) electrons. The van der Waals surface area contributed by atoms with Gasteiger partial charge >= 0.3 is 0 Å². The lowest BCUT2D eigenvalue weighted by molar-refractivity contribution is -0.256. The van der Waals surface area contributed by atoms with Crippen LogP contribution in [0, 0.1) is 0 Å². The second-order valence-corrected chi connectivity index (χ2v) is 40.0. The third-order valence-electron chi connectivity index (χ3n) is 26.1. The smallest absolute Gasteiger partial charge is 0.264 e. The molecule has 25 nitrogen and oxygen atoms in total. The summed E-state index contributed by atoms with van der Waals surface area (Å²) in [6.45, 7) is 13.8. The molecule has 0 saturated carbocycles. The molecular formula is C97H101N11O14Si. The number of ether oxygens (including phenoxy) is 8. The van der Waals surface area contributed by atoms with Crippen LogP contribution in [0.25, 0.3) is 120 Å². The van der Waals surface area contributed by atoms with Crippen molar-refractivity contribution in [1.82, 2.24) is 48.7 Å². The van der Waals surface area contributed by atoms with Gasteiger partial charge in [-0.05, 0) is 86.1 Å². The predicted molar refractivity (Wildman–Crippen MR) is 480 cm³/mol. The number of carbonyl (C=O) groups excluding carboxylic acids is 4. The minimum atomic E-state index is -1.23. The summed E-state index contributed by atoms with van der Waals surface area (Å²) in [6.07, 6.45) is 4.72. The number of para-hydroxylation sites is 6. The van der Waals surface area contributed by atoms with Gasteiger partial charge in [0.2, 0.25) is 0 Å². The largest absolute Gasteiger partial charge is 0.493 e. The molecule has 0 spiro atoms. The summed E-state index contributed by atoms with van der Waals surface area (Å²) >= 11 is 0. The zero-order valence-electron chi connectivity index (χ0n) is 69.4. The minimum absolute atomic E-state index is 0. The summed E-state index contributed by atoms with van der Waals surface area (Å²) in [4.78, 5) is 59.3. The van der Waals surface area contributed by atoms with E-state index < -0.39 is 37.8 Å². The standard InChI is InChI=1S/C34H35N3O4Si.C28H26N4O3.C27H24N4O3.C7H12O4.CH4/c1-42(2,3)18-17-40-22-36-20-28(26-14-8-10-16-30(26)36)32-31(27-19-35-29-15-9-7-13-25(27)29)33(38)37(34(32)39)23-41-21-24-11-5-4-6-12-24;1-28-26(34-3)17(29-2)12-20(35-28)31-18-10-6-4-8-14(18)22-23-16(13-30-27(23)33)21-15-9-5-7-11-19(15)32(28)25(21)24(22)31;1-27-25(33-2)16(28)11-19(34-27)30-17-9-5-3-7-13(17)20-15-12-29-26(32)22(15)21-14-8-4-6-10-18(14)31(27)24(21)23(20)30;1-10-4-6-7(9)5(8)2-3-11-6;/h4-16,19-20,35H,17-18,21-23H2,1-3H3;4-11,17,20,26,29H,12-13H2,1-3H3,(H,30,33);3-10,16,19,25H,11-12,28H2,1-2H3,(H,29,32);2-3,5-9H,4H2,1H3;1H4/t;17-,20-,26-,28+;16-,19-,25-,27+;5-,6-,7+;/m.110./s1. The molecule has 2 fully saturated rings. The third kappa shape index (κ3) is 12.6. The first-order valence-corrected chi connectivity index (χ1v) is 45.4. The number of nitrogens with zero attached hydrogens (tertiary/aromatic N) is 6. The van der Waals surface area contributed by atoms with Gasteiger partial charge in [-0.1, -0.05) is 167 Å². The van der Waals surface area contributed by atoms with E-state index in [0.29, 0.717) is 61.7 Å². The van der Waals surface area contributed by atoms with Crippen LogP contribution >= 0.6 is 0 Å². The number of aromatic amines is 1. The van der Waals surface area contributed by atoms with Crippen molar-refractivity contribution in [3.05, 3.63) is 240 Å². The summed E-state index contributed by atoms with van der Waals surface area (Å²) in [5.74, 6) is -0.745. The predicted octanol–water partition coefficient (Wildman–Crippen LogP) is 15.2. The van der Waals surface area contributed by atoms with Crippen molar-refractivity contribution < 1.29 is 67.3 Å². The first kappa shape index (κ1) is 81.1. The number of carbonyl (C=O) groups is 4. The maximum Gasteiger partial charge on any atom is 0.264 e. The summed E-state index contributed by atoms with van der Waals surface area (Å²) < 4.78 is 59.3.